The molecule has 0 unspecified atom stereocenters. The van der Waals surface area contributed by atoms with Gasteiger partial charge in [-0.1, -0.05) is 47.5 Å². The van der Waals surface area contributed by atoms with E-state index in [4.69, 9.17) is 37.4 Å². The van der Waals surface area contributed by atoms with Gasteiger partial charge >= 0.3 is 11.6 Å². The third-order valence-electron chi connectivity index (χ3n) is 5.29. The summed E-state index contributed by atoms with van der Waals surface area (Å²) in [5, 5.41) is 2.27. The van der Waals surface area contributed by atoms with Gasteiger partial charge < -0.3 is 18.9 Å². The van der Waals surface area contributed by atoms with Crippen LogP contribution in [0.2, 0.25) is 0 Å². The molecule has 216 valence electrons. The number of nitrogens with zero attached hydrogens (tertiary/aromatic N) is 1. The zero-order valence-corrected chi connectivity index (χ0v) is 23.3. The summed E-state index contributed by atoms with van der Waals surface area (Å²) in [7, 11) is -2.92. The number of anilines is 1. The first-order valence-electron chi connectivity index (χ1n) is 11.3. The predicted molar refractivity (Wildman–Crippen MR) is 143 cm³/mol. The van der Waals surface area contributed by atoms with Crippen molar-refractivity contribution in [1.29, 1.82) is 0 Å². The minimum atomic E-state index is -6.03. The maximum Gasteiger partial charge on any atom is 0.500 e. The smallest absolute Gasteiger partial charge is 0.493 e. The maximum absolute atomic E-state index is 12.7. The molecule has 0 aliphatic heterocycles. The number of amides is 1. The highest BCUT2D eigenvalue weighted by Crippen LogP contribution is 2.39. The summed E-state index contributed by atoms with van der Waals surface area (Å²) in [6.07, 6.45) is -0.704. The number of sulfone groups is 1. The van der Waals surface area contributed by atoms with Gasteiger partial charge in [-0.15, -0.1) is 0 Å². The maximum atomic E-state index is 12.7. The van der Waals surface area contributed by atoms with Gasteiger partial charge in [-0.05, 0) is 35.9 Å². The fraction of sp³-hybridized carbons (Fsp3) is 0.280. The second-order valence-corrected chi connectivity index (χ2v) is 12.1. The summed E-state index contributed by atoms with van der Waals surface area (Å²) in [6.45, 7) is -1.14. The van der Waals surface area contributed by atoms with Crippen molar-refractivity contribution in [3.8, 4) is 28.6 Å². The summed E-state index contributed by atoms with van der Waals surface area (Å²) < 4.78 is 78.4. The van der Waals surface area contributed by atoms with Gasteiger partial charge in [0.25, 0.3) is 13.5 Å². The SMILES string of the molecule is COc1ccc(CCOc2cccc(-c3cccc(NC(=O)OCC(Cl)(Cl)S(=O)(=O)C(F)(F)F)c3)n2)cc1OC. The normalized spacial score (nSPS) is 12.0. The van der Waals surface area contributed by atoms with Gasteiger partial charge in [-0.2, -0.15) is 13.2 Å². The summed E-state index contributed by atoms with van der Waals surface area (Å²) in [4.78, 5) is 16.5. The van der Waals surface area contributed by atoms with Crippen LogP contribution in [0.4, 0.5) is 23.7 Å². The Bertz CT molecular complexity index is 1450. The van der Waals surface area contributed by atoms with E-state index < -0.39 is 31.7 Å². The van der Waals surface area contributed by atoms with Crippen molar-refractivity contribution in [3.63, 3.8) is 0 Å². The molecule has 0 fully saturated rings. The molecule has 3 aromatic rings. The first kappa shape index (κ1) is 31.1. The monoisotopic (exact) mass is 622 g/mol. The largest absolute Gasteiger partial charge is 0.500 e. The van der Waals surface area contributed by atoms with Gasteiger partial charge in [0, 0.05) is 23.7 Å². The average molecular weight is 623 g/mol. The molecule has 1 amide bonds. The molecule has 0 saturated carbocycles. The Balaban J connectivity index is 1.61. The van der Waals surface area contributed by atoms with Crippen LogP contribution in [0.1, 0.15) is 5.56 Å². The number of carbonyl (C=O) groups excluding carboxylic acids is 1. The lowest BCUT2D eigenvalue weighted by molar-refractivity contribution is -0.0447. The molecule has 1 heterocycles. The molecule has 0 aliphatic rings. The van der Waals surface area contributed by atoms with E-state index >= 15 is 0 Å². The summed E-state index contributed by atoms with van der Waals surface area (Å²) in [5.41, 5.74) is -3.53. The molecule has 15 heteroatoms. The van der Waals surface area contributed by atoms with Gasteiger partial charge in [0.2, 0.25) is 5.88 Å². The zero-order chi connectivity index (χ0) is 29.6. The average Bonchev–Trinajstić information content (AvgIpc) is 2.91. The summed E-state index contributed by atoms with van der Waals surface area (Å²) in [5.74, 6) is 1.57. The van der Waals surface area contributed by atoms with Crippen molar-refractivity contribution in [1.82, 2.24) is 4.98 Å². The first-order valence-corrected chi connectivity index (χ1v) is 13.5. The molecule has 0 saturated heterocycles. The lowest BCUT2D eigenvalue weighted by Gasteiger charge is -2.21. The minimum absolute atomic E-state index is 0.178. The van der Waals surface area contributed by atoms with Crippen LogP contribution in [0.3, 0.4) is 0 Å². The Kier molecular flexibility index (Phi) is 9.98. The van der Waals surface area contributed by atoms with Crippen LogP contribution in [0.15, 0.2) is 60.7 Å². The molecule has 0 radical (unpaired) electrons. The number of rotatable bonds is 11. The van der Waals surface area contributed by atoms with Crippen molar-refractivity contribution in [2.75, 3.05) is 32.8 Å². The van der Waals surface area contributed by atoms with Crippen LogP contribution in [0.5, 0.6) is 17.4 Å². The number of nitrogens with one attached hydrogen (secondary N) is 1. The van der Waals surface area contributed by atoms with Gasteiger partial charge in [-0.3, -0.25) is 5.32 Å². The van der Waals surface area contributed by atoms with E-state index in [1.54, 1.807) is 50.6 Å². The van der Waals surface area contributed by atoms with Gasteiger partial charge in [0.05, 0.1) is 26.5 Å². The first-order chi connectivity index (χ1) is 18.8. The molecule has 40 heavy (non-hydrogen) atoms. The van der Waals surface area contributed by atoms with E-state index in [-0.39, 0.29) is 5.69 Å². The van der Waals surface area contributed by atoms with E-state index in [0.29, 0.717) is 41.7 Å². The molecule has 1 aromatic heterocycles. The van der Waals surface area contributed by atoms with Crippen molar-refractivity contribution in [2.24, 2.45) is 0 Å². The highest BCUT2D eigenvalue weighted by atomic mass is 35.5. The highest BCUT2D eigenvalue weighted by Gasteiger charge is 2.59. The molecule has 3 rings (SSSR count). The van der Waals surface area contributed by atoms with E-state index in [0.717, 1.165) is 5.56 Å². The molecule has 0 atom stereocenters. The zero-order valence-electron chi connectivity index (χ0n) is 21.0. The van der Waals surface area contributed by atoms with Crippen LogP contribution in [-0.4, -0.2) is 56.1 Å². The number of hydrogen-bond donors (Lipinski definition) is 1. The quantitative estimate of drug-likeness (QED) is 0.259. The summed E-state index contributed by atoms with van der Waals surface area (Å²) >= 11 is 10.6. The van der Waals surface area contributed by atoms with Crippen molar-refractivity contribution in [3.05, 3.63) is 66.2 Å². The molecule has 1 N–H and O–H groups in total. The Morgan fingerprint density at radius 2 is 1.68 bits per heavy atom. The minimum Gasteiger partial charge on any atom is -0.493 e. The predicted octanol–water partition coefficient (Wildman–Crippen LogP) is 6.00. The van der Waals surface area contributed by atoms with Gasteiger partial charge in [0.15, 0.2) is 11.5 Å². The number of methoxy groups -OCH3 is 2. The number of benzene rings is 2. The van der Waals surface area contributed by atoms with Crippen molar-refractivity contribution < 1.29 is 45.3 Å². The van der Waals surface area contributed by atoms with E-state index in [9.17, 15) is 26.4 Å². The van der Waals surface area contributed by atoms with Crippen molar-refractivity contribution >= 4 is 44.8 Å². The second-order valence-electron chi connectivity index (χ2n) is 8.02. The third-order valence-corrected chi connectivity index (χ3v) is 8.24. The fourth-order valence-electron chi connectivity index (χ4n) is 3.27. The Morgan fingerprint density at radius 1 is 0.975 bits per heavy atom. The topological polar surface area (TPSA) is 113 Å². The van der Waals surface area contributed by atoms with E-state index in [2.05, 4.69) is 15.0 Å². The molecule has 9 nitrogen and oxygen atoms in total. The van der Waals surface area contributed by atoms with Crippen LogP contribution in [-0.2, 0) is 21.0 Å². The number of halogens is 5. The fourth-order valence-corrected chi connectivity index (χ4v) is 4.46. The Labute approximate surface area is 238 Å². The molecule has 0 spiro atoms. The van der Waals surface area contributed by atoms with Gasteiger partial charge in [0.1, 0.15) is 6.61 Å². The van der Waals surface area contributed by atoms with Crippen LogP contribution >= 0.6 is 23.2 Å². The lowest BCUT2D eigenvalue weighted by atomic mass is 10.1. The number of ether oxygens (including phenoxy) is 4. The van der Waals surface area contributed by atoms with E-state index in [1.165, 1.54) is 12.1 Å². The number of carbonyl (C=O) groups is 1. The molecular formula is C25H23Cl2F3N2O7S. The van der Waals surface area contributed by atoms with E-state index in [1.807, 2.05) is 12.1 Å². The van der Waals surface area contributed by atoms with Crippen LogP contribution in [0.25, 0.3) is 11.3 Å². The second kappa shape index (κ2) is 12.8. The van der Waals surface area contributed by atoms with Gasteiger partial charge in [-0.25, -0.2) is 18.2 Å². The Morgan fingerprint density at radius 3 is 2.35 bits per heavy atom. The van der Waals surface area contributed by atoms with Crippen LogP contribution < -0.4 is 19.5 Å². The molecule has 0 aliphatic carbocycles. The number of aromatic nitrogens is 1. The number of hydrogen-bond acceptors (Lipinski definition) is 8. The van der Waals surface area contributed by atoms with Crippen LogP contribution in [0, 0.1) is 0 Å². The molecule has 0 bridgehead atoms. The number of pyridine rings is 1. The standard InChI is InChI=1S/C25H23Cl2F3N2O7S/c1-36-20-10-9-16(13-21(20)37-2)11-12-38-22-8-4-7-19(32-22)17-5-3-6-18(14-17)31-23(33)39-15-24(26,27)40(34,35)25(28,29)30/h3-10,13-14H,11-12,15H2,1-2H3,(H,31,33). The summed E-state index contributed by atoms with van der Waals surface area (Å²) in [6, 6.07) is 16.9. The Hall–Kier alpha value is -3.42. The lowest BCUT2D eigenvalue weighted by Crippen LogP contribution is -2.42. The van der Waals surface area contributed by atoms with Crippen molar-refractivity contribution in [2.45, 2.75) is 15.6 Å². The number of alkyl halides is 5. The third kappa shape index (κ3) is 7.61. The molecular weight excluding hydrogens is 600 g/mol. The highest BCUT2D eigenvalue weighted by molar-refractivity contribution is 7.96. The molecule has 2 aromatic carbocycles.